The van der Waals surface area contributed by atoms with Crippen LogP contribution >= 0.6 is 0 Å². The third-order valence-electron chi connectivity index (χ3n) is 5.42. The lowest BCUT2D eigenvalue weighted by molar-refractivity contribution is -0.142. The molecule has 36 heavy (non-hydrogen) atoms. The Morgan fingerprint density at radius 2 is 1.50 bits per heavy atom. The lowest BCUT2D eigenvalue weighted by atomic mass is 10.0. The third kappa shape index (κ3) is 8.89. The fourth-order valence-corrected chi connectivity index (χ4v) is 4.74. The van der Waals surface area contributed by atoms with Crippen LogP contribution in [-0.4, -0.2) is 49.5 Å². The summed E-state index contributed by atoms with van der Waals surface area (Å²) in [4.78, 5) is 27.8. The predicted molar refractivity (Wildman–Crippen MR) is 137 cm³/mol. The number of rotatable bonds is 11. The maximum Gasteiger partial charge on any atom is 0.243 e. The molecule has 0 aromatic heterocycles. The van der Waals surface area contributed by atoms with E-state index in [2.05, 4.69) is 5.32 Å². The maximum absolute atomic E-state index is 13.4. The van der Waals surface area contributed by atoms with Crippen molar-refractivity contribution in [2.24, 2.45) is 0 Å². The summed E-state index contributed by atoms with van der Waals surface area (Å²) in [7, 11) is -3.67. The zero-order valence-electron chi connectivity index (χ0n) is 21.4. The quantitative estimate of drug-likeness (QED) is 0.478. The van der Waals surface area contributed by atoms with Crippen LogP contribution in [0, 0.1) is 11.6 Å². The highest BCUT2D eigenvalue weighted by molar-refractivity contribution is 7.92. The molecule has 0 heterocycles. The van der Waals surface area contributed by atoms with Gasteiger partial charge in [-0.3, -0.25) is 13.9 Å². The summed E-state index contributed by atoms with van der Waals surface area (Å²) in [6.07, 6.45) is 1.57. The van der Waals surface area contributed by atoms with E-state index in [9.17, 15) is 26.8 Å². The molecule has 2 aromatic carbocycles. The van der Waals surface area contributed by atoms with E-state index in [1.165, 1.54) is 41.3 Å². The van der Waals surface area contributed by atoms with Gasteiger partial charge in [0.25, 0.3) is 0 Å². The van der Waals surface area contributed by atoms with Crippen LogP contribution in [0.25, 0.3) is 0 Å². The molecule has 0 aliphatic rings. The Labute approximate surface area is 212 Å². The Hall–Kier alpha value is -3.01. The van der Waals surface area contributed by atoms with Crippen LogP contribution in [0.15, 0.2) is 48.5 Å². The van der Waals surface area contributed by atoms with Crippen molar-refractivity contribution in [1.82, 2.24) is 10.2 Å². The molecule has 198 valence electrons. The van der Waals surface area contributed by atoms with Gasteiger partial charge in [-0.15, -0.1) is 0 Å². The molecule has 0 aliphatic heterocycles. The fraction of sp³-hybridized carbons (Fsp3) is 0.462. The van der Waals surface area contributed by atoms with Crippen LogP contribution in [0.2, 0.25) is 0 Å². The summed E-state index contributed by atoms with van der Waals surface area (Å²) >= 11 is 0. The minimum Gasteiger partial charge on any atom is -0.350 e. The molecule has 1 N–H and O–H groups in total. The van der Waals surface area contributed by atoms with Gasteiger partial charge in [0.15, 0.2) is 0 Å². The fourth-order valence-electron chi connectivity index (χ4n) is 3.77. The van der Waals surface area contributed by atoms with E-state index < -0.39 is 33.2 Å². The van der Waals surface area contributed by atoms with Crippen LogP contribution in [0.1, 0.15) is 52.5 Å². The molecule has 1 unspecified atom stereocenters. The Kier molecular flexibility index (Phi) is 9.98. The first kappa shape index (κ1) is 29.2. The van der Waals surface area contributed by atoms with Crippen LogP contribution in [0.4, 0.5) is 14.5 Å². The molecule has 0 saturated carbocycles. The minimum absolute atomic E-state index is 0.00553. The highest BCUT2D eigenvalue weighted by Gasteiger charge is 2.30. The third-order valence-corrected chi connectivity index (χ3v) is 6.61. The number of hydrogen-bond donors (Lipinski definition) is 1. The number of anilines is 1. The Bertz CT molecular complexity index is 1130. The van der Waals surface area contributed by atoms with E-state index >= 15 is 0 Å². The van der Waals surface area contributed by atoms with Crippen LogP contribution in [-0.2, 0) is 26.2 Å². The van der Waals surface area contributed by atoms with E-state index in [4.69, 9.17) is 0 Å². The summed E-state index contributed by atoms with van der Waals surface area (Å²) in [6.45, 7) is 7.45. The van der Waals surface area contributed by atoms with Crippen molar-refractivity contribution in [3.8, 4) is 0 Å². The average Bonchev–Trinajstić information content (AvgIpc) is 2.76. The second-order valence-electron chi connectivity index (χ2n) is 9.73. The molecule has 1 atom stereocenters. The number of sulfonamides is 1. The summed E-state index contributed by atoms with van der Waals surface area (Å²) in [5.74, 6) is -1.53. The number of carbonyl (C=O) groups excluding carboxylic acids is 2. The molecule has 0 fully saturated rings. The van der Waals surface area contributed by atoms with Gasteiger partial charge in [-0.25, -0.2) is 17.2 Å². The first-order valence-electron chi connectivity index (χ1n) is 11.8. The second-order valence-corrected chi connectivity index (χ2v) is 11.6. The van der Waals surface area contributed by atoms with E-state index in [0.717, 1.165) is 10.6 Å². The van der Waals surface area contributed by atoms with Gasteiger partial charge in [0.05, 0.1) is 11.9 Å². The molecule has 0 bridgehead atoms. The van der Waals surface area contributed by atoms with Crippen LogP contribution in [0.3, 0.4) is 0 Å². The number of carbonyl (C=O) groups is 2. The largest absolute Gasteiger partial charge is 0.350 e. The number of hydrogen-bond acceptors (Lipinski definition) is 4. The highest BCUT2D eigenvalue weighted by atomic mass is 32.2. The molecule has 7 nitrogen and oxygen atoms in total. The first-order chi connectivity index (χ1) is 16.7. The summed E-state index contributed by atoms with van der Waals surface area (Å²) in [5, 5.41) is 2.91. The summed E-state index contributed by atoms with van der Waals surface area (Å²) < 4.78 is 52.5. The Balaban J connectivity index is 2.22. The molecular weight excluding hydrogens is 488 g/mol. The highest BCUT2D eigenvalue weighted by Crippen LogP contribution is 2.20. The van der Waals surface area contributed by atoms with Gasteiger partial charge in [-0.2, -0.15) is 0 Å². The first-order valence-corrected chi connectivity index (χ1v) is 13.7. The topological polar surface area (TPSA) is 86.8 Å². The molecule has 2 amide bonds. The van der Waals surface area contributed by atoms with Gasteiger partial charge >= 0.3 is 0 Å². The smallest absolute Gasteiger partial charge is 0.243 e. The number of nitrogens with zero attached hydrogens (tertiary/aromatic N) is 2. The van der Waals surface area contributed by atoms with Crippen molar-refractivity contribution >= 4 is 27.5 Å². The number of nitrogens with one attached hydrogen (secondary N) is 1. The van der Waals surface area contributed by atoms with Gasteiger partial charge in [0, 0.05) is 25.0 Å². The lowest BCUT2D eigenvalue weighted by Gasteiger charge is -2.33. The summed E-state index contributed by atoms with van der Waals surface area (Å²) in [6, 6.07) is 10.0. The zero-order chi connectivity index (χ0) is 27.1. The molecular formula is C26H35F2N3O4S. The van der Waals surface area contributed by atoms with Gasteiger partial charge in [-0.1, -0.05) is 19.1 Å². The van der Waals surface area contributed by atoms with Crippen LogP contribution < -0.4 is 9.62 Å². The van der Waals surface area contributed by atoms with Crippen molar-refractivity contribution < 1.29 is 26.8 Å². The molecule has 0 aliphatic carbocycles. The minimum atomic E-state index is -3.67. The van der Waals surface area contributed by atoms with Gasteiger partial charge in [0.2, 0.25) is 21.8 Å². The second kappa shape index (κ2) is 12.3. The molecule has 0 radical (unpaired) electrons. The SMILES string of the molecule is CCC(C(=O)NC(C)(C)C)N(Cc1ccc(F)cc1)C(=O)CCCN(c1ccc(F)cc1)S(C)(=O)=O. The predicted octanol–water partition coefficient (Wildman–Crippen LogP) is 4.23. The molecule has 2 aromatic rings. The van der Waals surface area contributed by atoms with E-state index in [1.807, 2.05) is 20.8 Å². The molecule has 0 spiro atoms. The van der Waals surface area contributed by atoms with E-state index in [1.54, 1.807) is 19.1 Å². The molecule has 10 heteroatoms. The van der Waals surface area contributed by atoms with Gasteiger partial charge in [-0.05, 0) is 75.6 Å². The van der Waals surface area contributed by atoms with Crippen LogP contribution in [0.5, 0.6) is 0 Å². The van der Waals surface area contributed by atoms with E-state index in [-0.39, 0.29) is 37.7 Å². The standard InChI is InChI=1S/C26H35F2N3O4S/c1-6-23(25(33)29-26(2,3)4)30(18-19-9-11-20(27)12-10-19)24(32)8-7-17-31(36(5,34)35)22-15-13-21(28)14-16-22/h9-16,23H,6-8,17-18H2,1-5H3,(H,29,33). The van der Waals surface area contributed by atoms with E-state index in [0.29, 0.717) is 17.7 Å². The van der Waals surface area contributed by atoms with Gasteiger partial charge in [0.1, 0.15) is 17.7 Å². The zero-order valence-corrected chi connectivity index (χ0v) is 22.2. The van der Waals surface area contributed by atoms with Crippen molar-refractivity contribution in [3.63, 3.8) is 0 Å². The maximum atomic E-state index is 13.4. The van der Waals surface area contributed by atoms with Gasteiger partial charge < -0.3 is 10.2 Å². The van der Waals surface area contributed by atoms with Crippen molar-refractivity contribution in [2.75, 3.05) is 17.1 Å². The number of halogens is 2. The van der Waals surface area contributed by atoms with Crippen molar-refractivity contribution in [2.45, 2.75) is 65.1 Å². The Morgan fingerprint density at radius 1 is 0.972 bits per heavy atom. The van der Waals surface area contributed by atoms with Crippen molar-refractivity contribution in [3.05, 3.63) is 65.7 Å². The molecule has 0 saturated heterocycles. The number of amides is 2. The normalized spacial score (nSPS) is 12.6. The lowest BCUT2D eigenvalue weighted by Crippen LogP contribution is -2.53. The average molecular weight is 524 g/mol. The van der Waals surface area contributed by atoms with Crippen molar-refractivity contribution in [1.29, 1.82) is 0 Å². The monoisotopic (exact) mass is 523 g/mol. The molecule has 2 rings (SSSR count). The summed E-state index contributed by atoms with van der Waals surface area (Å²) in [5.41, 5.74) is 0.460. The number of benzene rings is 2. The Morgan fingerprint density at radius 3 is 1.97 bits per heavy atom.